The van der Waals surface area contributed by atoms with Crippen LogP contribution in [0.1, 0.15) is 40.3 Å². The Labute approximate surface area is 250 Å². The topological polar surface area (TPSA) is 85.7 Å². The van der Waals surface area contributed by atoms with Crippen molar-refractivity contribution >= 4 is 29.4 Å². The number of thioether (sulfide) groups is 1. The van der Waals surface area contributed by atoms with E-state index in [1.165, 1.54) is 11.8 Å². The number of benzene rings is 3. The number of carbonyl (C=O) groups is 2. The highest BCUT2D eigenvalue weighted by molar-refractivity contribution is 8.00. The van der Waals surface area contributed by atoms with Crippen LogP contribution in [0.4, 0.5) is 5.82 Å². The fraction of sp³-hybridized carbons (Fsp3) is 0.303. The average Bonchev–Trinajstić information content (AvgIpc) is 3.76. The van der Waals surface area contributed by atoms with Gasteiger partial charge in [-0.3, -0.25) is 14.5 Å². The predicted octanol–water partition coefficient (Wildman–Crippen LogP) is 5.62. The molecule has 1 saturated carbocycles. The molecule has 0 spiro atoms. The summed E-state index contributed by atoms with van der Waals surface area (Å²) in [4.78, 5) is 28.8. The van der Waals surface area contributed by atoms with Gasteiger partial charge in [-0.05, 0) is 61.6 Å². The molecule has 0 saturated heterocycles. The first kappa shape index (κ1) is 27.9. The summed E-state index contributed by atoms with van der Waals surface area (Å²) in [7, 11) is 3.23. The van der Waals surface area contributed by atoms with Crippen LogP contribution in [0.3, 0.4) is 0 Å². The largest absolute Gasteiger partial charge is 0.493 e. The number of anilines is 1. The van der Waals surface area contributed by atoms with Crippen molar-refractivity contribution in [1.29, 1.82) is 0 Å². The first-order valence-corrected chi connectivity index (χ1v) is 15.1. The van der Waals surface area contributed by atoms with E-state index in [2.05, 4.69) is 25.2 Å². The third-order valence-electron chi connectivity index (χ3n) is 7.90. The third-order valence-corrected chi connectivity index (χ3v) is 9.15. The first-order valence-electron chi connectivity index (χ1n) is 14.1. The lowest BCUT2D eigenvalue weighted by molar-refractivity contribution is -0.123. The van der Waals surface area contributed by atoms with Crippen LogP contribution in [0.15, 0.2) is 66.7 Å². The number of methoxy groups -OCH3 is 2. The molecule has 9 heteroatoms. The number of ether oxygens (including phenoxy) is 2. The van der Waals surface area contributed by atoms with Crippen LogP contribution in [0, 0.1) is 13.8 Å². The van der Waals surface area contributed by atoms with Crippen molar-refractivity contribution in [2.24, 2.45) is 0 Å². The zero-order valence-corrected chi connectivity index (χ0v) is 25.0. The maximum absolute atomic E-state index is 13.9. The molecule has 0 radical (unpaired) electrons. The van der Waals surface area contributed by atoms with Crippen LogP contribution in [0.2, 0.25) is 0 Å². The Morgan fingerprint density at radius 2 is 1.76 bits per heavy atom. The summed E-state index contributed by atoms with van der Waals surface area (Å²) in [6.45, 7) is 4.05. The minimum Gasteiger partial charge on any atom is -0.493 e. The van der Waals surface area contributed by atoms with E-state index in [9.17, 15) is 9.59 Å². The Hall–Kier alpha value is -4.24. The fourth-order valence-electron chi connectivity index (χ4n) is 5.39. The zero-order valence-electron chi connectivity index (χ0n) is 24.2. The number of aryl methyl sites for hydroxylation is 1. The van der Waals surface area contributed by atoms with Gasteiger partial charge in [0.1, 0.15) is 12.4 Å². The number of amides is 2. The summed E-state index contributed by atoms with van der Waals surface area (Å²) >= 11 is 1.53. The van der Waals surface area contributed by atoms with Crippen molar-refractivity contribution in [3.63, 3.8) is 0 Å². The molecule has 2 heterocycles. The van der Waals surface area contributed by atoms with E-state index in [-0.39, 0.29) is 35.4 Å². The molecule has 1 aromatic heterocycles. The van der Waals surface area contributed by atoms with E-state index in [4.69, 9.17) is 14.6 Å². The molecule has 8 nitrogen and oxygen atoms in total. The second-order valence-corrected chi connectivity index (χ2v) is 11.8. The van der Waals surface area contributed by atoms with Crippen LogP contribution in [-0.4, -0.2) is 54.2 Å². The van der Waals surface area contributed by atoms with Gasteiger partial charge in [0.05, 0.1) is 36.6 Å². The molecule has 2 aliphatic rings. The van der Waals surface area contributed by atoms with Gasteiger partial charge in [-0.25, -0.2) is 4.68 Å². The lowest BCUT2D eigenvalue weighted by Crippen LogP contribution is -2.43. The van der Waals surface area contributed by atoms with E-state index in [0.29, 0.717) is 17.3 Å². The number of hydrogen-bond donors (Lipinski definition) is 1. The smallest absolute Gasteiger partial charge is 0.240 e. The van der Waals surface area contributed by atoms with Crippen molar-refractivity contribution < 1.29 is 19.1 Å². The number of nitrogens with one attached hydrogen (secondary N) is 1. The summed E-state index contributed by atoms with van der Waals surface area (Å²) in [5.41, 5.74) is 6.56. The molecule has 2 amide bonds. The number of rotatable bonds is 8. The van der Waals surface area contributed by atoms with Crippen LogP contribution in [0.5, 0.6) is 11.5 Å². The normalized spacial score (nSPS) is 16.5. The lowest BCUT2D eigenvalue weighted by atomic mass is 9.99. The summed E-state index contributed by atoms with van der Waals surface area (Å²) in [6.07, 6.45) is 1.95. The maximum Gasteiger partial charge on any atom is 0.240 e. The van der Waals surface area contributed by atoms with Crippen molar-refractivity contribution in [2.75, 3.05) is 31.4 Å². The van der Waals surface area contributed by atoms with Gasteiger partial charge in [-0.15, -0.1) is 11.8 Å². The van der Waals surface area contributed by atoms with E-state index >= 15 is 0 Å². The minimum atomic E-state index is -0.269. The molecule has 0 bridgehead atoms. The Morgan fingerprint density at radius 1 is 1.00 bits per heavy atom. The Morgan fingerprint density at radius 3 is 2.48 bits per heavy atom. The van der Waals surface area contributed by atoms with Crippen molar-refractivity contribution in [3.8, 4) is 28.4 Å². The molecular formula is C33H34N4O4S. The SMILES string of the molecule is COc1ccc([C@H]2SCC(=O)N(CC(=O)NC3CC3)c3c2c(-c2ccccc2)nn3-c2cccc(C)c2C)cc1OC. The Kier molecular flexibility index (Phi) is 7.68. The predicted molar refractivity (Wildman–Crippen MR) is 166 cm³/mol. The highest BCUT2D eigenvalue weighted by Crippen LogP contribution is 2.49. The average molecular weight is 583 g/mol. The highest BCUT2D eigenvalue weighted by Gasteiger charge is 2.38. The maximum atomic E-state index is 13.9. The van der Waals surface area contributed by atoms with E-state index < -0.39 is 0 Å². The summed E-state index contributed by atoms with van der Waals surface area (Å²) < 4.78 is 13.0. The number of aromatic nitrogens is 2. The number of hydrogen-bond acceptors (Lipinski definition) is 6. The van der Waals surface area contributed by atoms with Gasteiger partial charge in [-0.2, -0.15) is 5.10 Å². The molecule has 0 unspecified atom stereocenters. The Balaban J connectivity index is 1.63. The summed E-state index contributed by atoms with van der Waals surface area (Å²) in [5, 5.41) is 8.01. The van der Waals surface area contributed by atoms with Crippen LogP contribution in [0.25, 0.3) is 16.9 Å². The molecule has 1 N–H and O–H groups in total. The van der Waals surface area contributed by atoms with Gasteiger partial charge in [0.25, 0.3) is 0 Å². The van der Waals surface area contributed by atoms with Gasteiger partial charge < -0.3 is 14.8 Å². The van der Waals surface area contributed by atoms with Gasteiger partial charge in [-0.1, -0.05) is 48.5 Å². The second kappa shape index (κ2) is 11.6. The molecular weight excluding hydrogens is 548 g/mol. The zero-order chi connectivity index (χ0) is 29.4. The summed E-state index contributed by atoms with van der Waals surface area (Å²) in [5.74, 6) is 1.75. The quantitative estimate of drug-likeness (QED) is 0.290. The standard InChI is InChI=1S/C33H34N4O4S/c1-20-9-8-12-25(21(20)2)37-33-30(31(35-37)22-10-6-5-7-11-22)32(23-13-16-26(40-3)27(17-23)41-4)42-19-29(39)36(33)18-28(38)34-24-14-15-24/h5-13,16-17,24,32H,14-15,18-19H2,1-4H3,(H,34,38)/t32-/m1/s1. The van der Waals surface area contributed by atoms with Crippen LogP contribution < -0.4 is 19.7 Å². The number of carbonyl (C=O) groups excluding carboxylic acids is 2. The number of fused-ring (bicyclic) bond motifs is 1. The van der Waals surface area contributed by atoms with E-state index in [1.54, 1.807) is 19.1 Å². The molecule has 6 rings (SSSR count). The van der Waals surface area contributed by atoms with Gasteiger partial charge in [0.15, 0.2) is 11.5 Å². The molecule has 3 aromatic carbocycles. The second-order valence-electron chi connectivity index (χ2n) is 10.7. The van der Waals surface area contributed by atoms with Crippen molar-refractivity contribution in [2.45, 2.75) is 38.0 Å². The minimum absolute atomic E-state index is 0.0771. The van der Waals surface area contributed by atoms with Crippen LogP contribution >= 0.6 is 11.8 Å². The summed E-state index contributed by atoms with van der Waals surface area (Å²) in [6, 6.07) is 22.1. The van der Waals surface area contributed by atoms with Crippen LogP contribution in [-0.2, 0) is 9.59 Å². The molecule has 1 atom stereocenters. The molecule has 42 heavy (non-hydrogen) atoms. The van der Waals surface area contributed by atoms with Crippen molar-refractivity contribution in [3.05, 3.63) is 89.0 Å². The molecule has 1 aliphatic carbocycles. The van der Waals surface area contributed by atoms with Gasteiger partial charge in [0, 0.05) is 17.2 Å². The fourth-order valence-corrected chi connectivity index (χ4v) is 6.57. The van der Waals surface area contributed by atoms with Gasteiger partial charge >= 0.3 is 0 Å². The lowest BCUT2D eigenvalue weighted by Gasteiger charge is -2.24. The molecule has 4 aromatic rings. The Bertz CT molecular complexity index is 1650. The van der Waals surface area contributed by atoms with E-state index in [0.717, 1.165) is 52.0 Å². The number of nitrogens with zero attached hydrogens (tertiary/aromatic N) is 3. The van der Waals surface area contributed by atoms with Gasteiger partial charge in [0.2, 0.25) is 11.8 Å². The monoisotopic (exact) mass is 582 g/mol. The highest BCUT2D eigenvalue weighted by atomic mass is 32.2. The molecule has 1 aliphatic heterocycles. The molecule has 216 valence electrons. The molecule has 1 fully saturated rings. The van der Waals surface area contributed by atoms with Crippen molar-refractivity contribution in [1.82, 2.24) is 15.1 Å². The first-order chi connectivity index (χ1) is 20.4. The van der Waals surface area contributed by atoms with E-state index in [1.807, 2.05) is 65.3 Å². The third kappa shape index (κ3) is 5.25.